The van der Waals surface area contributed by atoms with Crippen molar-refractivity contribution in [3.63, 3.8) is 0 Å². The van der Waals surface area contributed by atoms with E-state index in [2.05, 4.69) is 10.3 Å². The van der Waals surface area contributed by atoms with Crippen molar-refractivity contribution in [1.29, 1.82) is 0 Å². The highest BCUT2D eigenvalue weighted by molar-refractivity contribution is 5.75. The Morgan fingerprint density at radius 1 is 1.12 bits per heavy atom. The first-order valence-electron chi connectivity index (χ1n) is 8.80. The molecule has 26 heavy (non-hydrogen) atoms. The topological polar surface area (TPSA) is 83.8 Å². The predicted molar refractivity (Wildman–Crippen MR) is 91.3 cm³/mol. The summed E-state index contributed by atoms with van der Waals surface area (Å²) in [6.45, 7) is 7.50. The van der Waals surface area contributed by atoms with Gasteiger partial charge in [0.05, 0.1) is 18.7 Å². The summed E-state index contributed by atoms with van der Waals surface area (Å²) in [5.41, 5.74) is 1.43. The molecule has 1 aromatic rings. The van der Waals surface area contributed by atoms with Crippen LogP contribution >= 0.6 is 0 Å². The van der Waals surface area contributed by atoms with Gasteiger partial charge in [0.25, 0.3) is 0 Å². The first kappa shape index (κ1) is 16.8. The zero-order chi connectivity index (χ0) is 18.6. The van der Waals surface area contributed by atoms with E-state index in [1.165, 1.54) is 5.01 Å². The van der Waals surface area contributed by atoms with Crippen LogP contribution in [0.5, 0.6) is 0 Å². The minimum atomic E-state index is -0.608. The molecule has 1 saturated heterocycles. The Balaban J connectivity index is 1.73. The number of nitrogens with zero attached hydrogens (tertiary/aromatic N) is 4. The second kappa shape index (κ2) is 5.69. The summed E-state index contributed by atoms with van der Waals surface area (Å²) >= 11 is 0. The Hall–Kier alpha value is -2.64. The van der Waals surface area contributed by atoms with Crippen LogP contribution in [0.2, 0.25) is 0 Å². The van der Waals surface area contributed by atoms with E-state index in [0.29, 0.717) is 0 Å². The number of amides is 2. The minimum absolute atomic E-state index is 0.253. The van der Waals surface area contributed by atoms with Crippen LogP contribution < -0.4 is 0 Å². The molecule has 2 amide bonds. The molecule has 4 rings (SSSR count). The van der Waals surface area contributed by atoms with Gasteiger partial charge >= 0.3 is 12.2 Å². The van der Waals surface area contributed by atoms with E-state index < -0.39 is 17.8 Å². The Labute approximate surface area is 151 Å². The SMILES string of the molecule is CCOC(=O)N1N=N[C@@H]2[C@H]1[C@H]1c3ccccc3[C@@H]2N1C(=O)OC(C)(C)C. The minimum Gasteiger partial charge on any atom is -0.448 e. The molecule has 3 heterocycles. The van der Waals surface area contributed by atoms with Gasteiger partial charge in [-0.05, 0) is 38.8 Å². The molecule has 3 aliphatic heterocycles. The monoisotopic (exact) mass is 358 g/mol. The molecule has 2 bridgehead atoms. The molecule has 1 fully saturated rings. The van der Waals surface area contributed by atoms with Crippen LogP contribution in [0.25, 0.3) is 0 Å². The second-order valence-corrected chi connectivity index (χ2v) is 7.64. The average Bonchev–Trinajstić information content (AvgIpc) is 3.21. The smallest absolute Gasteiger partial charge is 0.432 e. The lowest BCUT2D eigenvalue weighted by molar-refractivity contribution is 0.0131. The third kappa shape index (κ3) is 2.35. The van der Waals surface area contributed by atoms with Gasteiger partial charge in [0.15, 0.2) is 0 Å². The van der Waals surface area contributed by atoms with Gasteiger partial charge in [-0.15, -0.1) is 0 Å². The molecule has 0 N–H and O–H groups in total. The third-order valence-electron chi connectivity index (χ3n) is 4.85. The Bertz CT molecular complexity index is 788. The summed E-state index contributed by atoms with van der Waals surface area (Å²) in [6, 6.07) is 6.52. The zero-order valence-electron chi connectivity index (χ0n) is 15.2. The molecule has 0 aliphatic carbocycles. The van der Waals surface area contributed by atoms with Gasteiger partial charge in [-0.25, -0.2) is 9.59 Å². The van der Waals surface area contributed by atoms with Crippen molar-refractivity contribution in [2.45, 2.75) is 57.5 Å². The highest BCUT2D eigenvalue weighted by atomic mass is 16.6. The first-order chi connectivity index (χ1) is 12.3. The van der Waals surface area contributed by atoms with E-state index in [0.717, 1.165) is 11.1 Å². The van der Waals surface area contributed by atoms with Crippen molar-refractivity contribution in [2.24, 2.45) is 10.3 Å². The Kier molecular flexibility index (Phi) is 3.68. The fourth-order valence-corrected chi connectivity index (χ4v) is 4.07. The molecule has 8 nitrogen and oxygen atoms in total. The van der Waals surface area contributed by atoms with E-state index in [9.17, 15) is 9.59 Å². The highest BCUT2D eigenvalue weighted by Crippen LogP contribution is 2.57. The first-order valence-corrected chi connectivity index (χ1v) is 8.80. The summed E-state index contributed by atoms with van der Waals surface area (Å²) in [4.78, 5) is 26.9. The molecule has 0 radical (unpaired) electrons. The quantitative estimate of drug-likeness (QED) is 0.768. The Morgan fingerprint density at radius 3 is 2.38 bits per heavy atom. The van der Waals surface area contributed by atoms with Crippen molar-refractivity contribution in [3.05, 3.63) is 35.4 Å². The van der Waals surface area contributed by atoms with E-state index >= 15 is 0 Å². The fraction of sp³-hybridized carbons (Fsp3) is 0.556. The summed E-state index contributed by atoms with van der Waals surface area (Å²) < 4.78 is 10.7. The molecule has 0 unspecified atom stereocenters. The van der Waals surface area contributed by atoms with Gasteiger partial charge in [0, 0.05) is 0 Å². The lowest BCUT2D eigenvalue weighted by Crippen LogP contribution is -2.43. The number of rotatable bonds is 1. The van der Waals surface area contributed by atoms with Gasteiger partial charge in [-0.1, -0.05) is 29.5 Å². The number of carbonyl (C=O) groups is 2. The summed E-state index contributed by atoms with van der Waals surface area (Å²) in [5, 5.41) is 9.60. The number of hydrogen-bond acceptors (Lipinski definition) is 6. The van der Waals surface area contributed by atoms with Crippen LogP contribution in [-0.4, -0.2) is 46.4 Å². The molecule has 0 aromatic heterocycles. The van der Waals surface area contributed by atoms with E-state index in [1.807, 2.05) is 45.0 Å². The van der Waals surface area contributed by atoms with Gasteiger partial charge in [0.1, 0.15) is 17.7 Å². The van der Waals surface area contributed by atoms with Crippen LogP contribution in [0.4, 0.5) is 9.59 Å². The molecule has 4 atom stereocenters. The number of carbonyl (C=O) groups excluding carboxylic acids is 2. The zero-order valence-corrected chi connectivity index (χ0v) is 15.2. The van der Waals surface area contributed by atoms with Crippen LogP contribution in [0.1, 0.15) is 50.9 Å². The number of hydrogen-bond donors (Lipinski definition) is 0. The third-order valence-corrected chi connectivity index (χ3v) is 4.85. The van der Waals surface area contributed by atoms with Crippen molar-refractivity contribution < 1.29 is 19.1 Å². The lowest BCUT2D eigenvalue weighted by Gasteiger charge is -2.29. The maximum atomic E-state index is 12.9. The largest absolute Gasteiger partial charge is 0.448 e. The number of ether oxygens (including phenoxy) is 2. The van der Waals surface area contributed by atoms with Gasteiger partial charge in [0.2, 0.25) is 0 Å². The molecule has 3 aliphatic rings. The second-order valence-electron chi connectivity index (χ2n) is 7.64. The average molecular weight is 358 g/mol. The summed E-state index contributed by atoms with van der Waals surface area (Å²) in [7, 11) is 0. The molecule has 1 aromatic carbocycles. The van der Waals surface area contributed by atoms with Gasteiger partial charge < -0.3 is 9.47 Å². The van der Waals surface area contributed by atoms with Crippen molar-refractivity contribution in [1.82, 2.24) is 9.91 Å². The lowest BCUT2D eigenvalue weighted by atomic mass is 9.85. The van der Waals surface area contributed by atoms with Crippen LogP contribution in [-0.2, 0) is 9.47 Å². The molecule has 0 saturated carbocycles. The van der Waals surface area contributed by atoms with Crippen LogP contribution in [0, 0.1) is 0 Å². The van der Waals surface area contributed by atoms with E-state index in [1.54, 1.807) is 11.8 Å². The molecular formula is C18H22N4O4. The fourth-order valence-electron chi connectivity index (χ4n) is 4.07. The van der Waals surface area contributed by atoms with Crippen molar-refractivity contribution in [2.75, 3.05) is 6.61 Å². The Morgan fingerprint density at radius 2 is 1.77 bits per heavy atom. The number of fused-ring (bicyclic) bond motifs is 8. The van der Waals surface area contributed by atoms with E-state index in [-0.39, 0.29) is 30.8 Å². The molecule has 8 heteroatoms. The van der Waals surface area contributed by atoms with Gasteiger partial charge in [-0.2, -0.15) is 10.1 Å². The molecular weight excluding hydrogens is 336 g/mol. The maximum Gasteiger partial charge on any atom is 0.432 e. The maximum absolute atomic E-state index is 12.9. The molecule has 0 spiro atoms. The van der Waals surface area contributed by atoms with E-state index in [4.69, 9.17) is 9.47 Å². The normalized spacial score (nSPS) is 28.2. The summed E-state index contributed by atoms with van der Waals surface area (Å²) in [6.07, 6.45) is -0.949. The van der Waals surface area contributed by atoms with Crippen LogP contribution in [0.3, 0.4) is 0 Å². The van der Waals surface area contributed by atoms with Crippen LogP contribution in [0.15, 0.2) is 34.6 Å². The number of benzene rings is 1. The standard InChI is InChI=1S/C18H22N4O4/c1-5-25-17(24)22-15-12(19-20-22)13-10-8-6-7-9-11(10)14(15)21(13)16(23)26-18(2,3)4/h6-9,12-15H,5H2,1-4H3/t12-,13-,14+,15-/m0/s1. The molecule has 138 valence electrons. The van der Waals surface area contributed by atoms with Crippen molar-refractivity contribution >= 4 is 12.2 Å². The predicted octanol–water partition coefficient (Wildman–Crippen LogP) is 3.61. The highest BCUT2D eigenvalue weighted by Gasteiger charge is 2.64. The summed E-state index contributed by atoms with van der Waals surface area (Å²) in [5.74, 6) is 0. The van der Waals surface area contributed by atoms with Gasteiger partial charge in [-0.3, -0.25) is 4.90 Å². The van der Waals surface area contributed by atoms with Crippen molar-refractivity contribution in [3.8, 4) is 0 Å².